The molecule has 2 rings (SSSR count). The Morgan fingerprint density at radius 3 is 2.59 bits per heavy atom. The first-order valence-corrected chi connectivity index (χ1v) is 7.34. The zero-order valence-electron chi connectivity index (χ0n) is 12.7. The lowest BCUT2D eigenvalue weighted by molar-refractivity contribution is 0.262. The number of aliphatic hydroxyl groups is 1. The summed E-state index contributed by atoms with van der Waals surface area (Å²) < 4.78 is 11.1. The quantitative estimate of drug-likeness (QED) is 0.735. The van der Waals surface area contributed by atoms with Gasteiger partial charge in [-0.2, -0.15) is 0 Å². The van der Waals surface area contributed by atoms with Crippen molar-refractivity contribution < 1.29 is 14.6 Å². The van der Waals surface area contributed by atoms with Crippen molar-refractivity contribution in [3.8, 4) is 11.5 Å². The highest BCUT2D eigenvalue weighted by Gasteiger charge is 2.02. The second kappa shape index (κ2) is 8.24. The summed E-state index contributed by atoms with van der Waals surface area (Å²) in [5.74, 6) is 1.15. The number of hydrogen-bond donors (Lipinski definition) is 2. The molecule has 0 saturated heterocycles. The molecule has 118 valence electrons. The van der Waals surface area contributed by atoms with Gasteiger partial charge in [0.2, 0.25) is 5.43 Å². The predicted molar refractivity (Wildman–Crippen MR) is 84.4 cm³/mol. The number of aromatic amines is 1. The van der Waals surface area contributed by atoms with Crippen molar-refractivity contribution in [1.29, 1.82) is 0 Å². The fraction of sp³-hybridized carbons (Fsp3) is 0.353. The maximum Gasteiger partial charge on any atom is 0.223 e. The van der Waals surface area contributed by atoms with E-state index in [9.17, 15) is 4.79 Å². The van der Waals surface area contributed by atoms with Gasteiger partial charge >= 0.3 is 0 Å². The number of aliphatic hydroxyl groups excluding tert-OH is 1. The van der Waals surface area contributed by atoms with Crippen molar-refractivity contribution in [2.45, 2.75) is 26.4 Å². The summed E-state index contributed by atoms with van der Waals surface area (Å²) >= 11 is 0. The van der Waals surface area contributed by atoms with E-state index in [-0.39, 0.29) is 17.8 Å². The lowest BCUT2D eigenvalue weighted by Crippen LogP contribution is -2.11. The number of aryl methyl sites for hydroxylation is 1. The van der Waals surface area contributed by atoms with E-state index in [1.807, 2.05) is 31.2 Å². The molecule has 0 saturated carbocycles. The third kappa shape index (κ3) is 4.93. The molecular formula is C17H21NO4. The normalized spacial score (nSPS) is 10.5. The van der Waals surface area contributed by atoms with Crippen LogP contribution < -0.4 is 14.9 Å². The second-order valence-corrected chi connectivity index (χ2v) is 5.07. The van der Waals surface area contributed by atoms with Crippen LogP contribution in [0.25, 0.3) is 0 Å². The number of hydrogen-bond acceptors (Lipinski definition) is 4. The standard InChI is InChI=1S/C17H21NO4/c1-13-5-4-6-15(9-13)21-7-2-3-8-22-17-11-18-14(12-19)10-16(17)20/h4-6,9-11,19H,2-3,7-8,12H2,1H3,(H,18,20). The highest BCUT2D eigenvalue weighted by Crippen LogP contribution is 2.12. The monoisotopic (exact) mass is 303 g/mol. The summed E-state index contributed by atoms with van der Waals surface area (Å²) in [6.45, 7) is 2.91. The number of benzene rings is 1. The highest BCUT2D eigenvalue weighted by atomic mass is 16.5. The van der Waals surface area contributed by atoms with Gasteiger partial charge in [-0.3, -0.25) is 4.79 Å². The maximum absolute atomic E-state index is 11.7. The molecule has 2 aromatic rings. The molecule has 22 heavy (non-hydrogen) atoms. The molecule has 2 N–H and O–H groups in total. The van der Waals surface area contributed by atoms with E-state index < -0.39 is 0 Å². The van der Waals surface area contributed by atoms with Crippen molar-refractivity contribution in [2.24, 2.45) is 0 Å². The van der Waals surface area contributed by atoms with Gasteiger partial charge < -0.3 is 19.6 Å². The first kappa shape index (κ1) is 16.1. The zero-order valence-corrected chi connectivity index (χ0v) is 12.7. The van der Waals surface area contributed by atoms with E-state index in [1.165, 1.54) is 17.8 Å². The third-order valence-corrected chi connectivity index (χ3v) is 3.16. The molecule has 0 atom stereocenters. The zero-order chi connectivity index (χ0) is 15.8. The summed E-state index contributed by atoms with van der Waals surface area (Å²) in [5, 5.41) is 8.91. The van der Waals surface area contributed by atoms with Crippen LogP contribution in [0.15, 0.2) is 41.3 Å². The van der Waals surface area contributed by atoms with Crippen molar-refractivity contribution in [1.82, 2.24) is 4.98 Å². The van der Waals surface area contributed by atoms with E-state index >= 15 is 0 Å². The molecule has 0 amide bonds. The summed E-state index contributed by atoms with van der Waals surface area (Å²) in [7, 11) is 0. The minimum atomic E-state index is -0.223. The Bertz CT molecular complexity index is 651. The lowest BCUT2D eigenvalue weighted by Gasteiger charge is -2.08. The largest absolute Gasteiger partial charge is 0.494 e. The average molecular weight is 303 g/mol. The Hall–Kier alpha value is -2.27. The van der Waals surface area contributed by atoms with Gasteiger partial charge in [-0.15, -0.1) is 0 Å². The van der Waals surface area contributed by atoms with E-state index in [0.29, 0.717) is 18.9 Å². The number of unbranched alkanes of at least 4 members (excludes halogenated alkanes) is 1. The van der Waals surface area contributed by atoms with Crippen LogP contribution in [0.3, 0.4) is 0 Å². The van der Waals surface area contributed by atoms with Crippen molar-refractivity contribution >= 4 is 0 Å². The Balaban J connectivity index is 1.66. The molecule has 0 spiro atoms. The molecule has 1 aromatic carbocycles. The number of aromatic nitrogens is 1. The van der Waals surface area contributed by atoms with Crippen LogP contribution in [-0.2, 0) is 6.61 Å². The topological polar surface area (TPSA) is 71.6 Å². The number of rotatable bonds is 8. The highest BCUT2D eigenvalue weighted by molar-refractivity contribution is 5.27. The van der Waals surface area contributed by atoms with Gasteiger partial charge in [0, 0.05) is 18.0 Å². The molecule has 5 nitrogen and oxygen atoms in total. The van der Waals surface area contributed by atoms with E-state index in [1.54, 1.807) is 0 Å². The van der Waals surface area contributed by atoms with Crippen LogP contribution in [0.5, 0.6) is 11.5 Å². The third-order valence-electron chi connectivity index (χ3n) is 3.16. The van der Waals surface area contributed by atoms with Crippen LogP contribution in [0.2, 0.25) is 0 Å². The van der Waals surface area contributed by atoms with Crippen molar-refractivity contribution in [2.75, 3.05) is 13.2 Å². The SMILES string of the molecule is Cc1cccc(OCCCCOc2c[nH]c(CO)cc2=O)c1. The maximum atomic E-state index is 11.7. The van der Waals surface area contributed by atoms with Crippen molar-refractivity contribution in [3.63, 3.8) is 0 Å². The smallest absolute Gasteiger partial charge is 0.223 e. The molecule has 1 heterocycles. The number of nitrogens with one attached hydrogen (secondary N) is 1. The Labute approximate surface area is 129 Å². The van der Waals surface area contributed by atoms with Gasteiger partial charge in [-0.1, -0.05) is 12.1 Å². The molecule has 0 aliphatic rings. The van der Waals surface area contributed by atoms with Crippen LogP contribution in [0.4, 0.5) is 0 Å². The minimum Gasteiger partial charge on any atom is -0.494 e. The molecule has 0 fully saturated rings. The molecule has 0 aliphatic carbocycles. The summed E-state index contributed by atoms with van der Waals surface area (Å²) in [6, 6.07) is 9.27. The molecule has 0 aliphatic heterocycles. The Morgan fingerprint density at radius 2 is 1.91 bits per heavy atom. The second-order valence-electron chi connectivity index (χ2n) is 5.07. The van der Waals surface area contributed by atoms with Crippen LogP contribution in [0.1, 0.15) is 24.1 Å². The fourth-order valence-corrected chi connectivity index (χ4v) is 1.99. The molecule has 5 heteroatoms. The van der Waals surface area contributed by atoms with Crippen LogP contribution in [0, 0.1) is 6.92 Å². The Morgan fingerprint density at radius 1 is 1.14 bits per heavy atom. The van der Waals surface area contributed by atoms with Gasteiger partial charge in [-0.25, -0.2) is 0 Å². The van der Waals surface area contributed by atoms with Gasteiger partial charge in [0.15, 0.2) is 5.75 Å². The summed E-state index contributed by atoms with van der Waals surface area (Å²) in [5.41, 5.74) is 1.43. The van der Waals surface area contributed by atoms with E-state index in [0.717, 1.165) is 18.6 Å². The minimum absolute atomic E-state index is 0.189. The van der Waals surface area contributed by atoms with Gasteiger partial charge in [-0.05, 0) is 37.5 Å². The molecule has 1 aromatic heterocycles. The lowest BCUT2D eigenvalue weighted by atomic mass is 10.2. The van der Waals surface area contributed by atoms with Gasteiger partial charge in [0.25, 0.3) is 0 Å². The first-order valence-electron chi connectivity index (χ1n) is 7.34. The molecule has 0 unspecified atom stereocenters. The van der Waals surface area contributed by atoms with Gasteiger partial charge in [0.05, 0.1) is 19.8 Å². The first-order chi connectivity index (χ1) is 10.7. The van der Waals surface area contributed by atoms with Gasteiger partial charge in [0.1, 0.15) is 5.75 Å². The van der Waals surface area contributed by atoms with Crippen molar-refractivity contribution in [3.05, 3.63) is 58.0 Å². The molecular weight excluding hydrogens is 282 g/mol. The number of pyridine rings is 1. The average Bonchev–Trinajstić information content (AvgIpc) is 2.52. The van der Waals surface area contributed by atoms with Crippen LogP contribution in [-0.4, -0.2) is 23.3 Å². The Kier molecular flexibility index (Phi) is 6.03. The summed E-state index contributed by atoms with van der Waals surface area (Å²) in [6.07, 6.45) is 3.13. The predicted octanol–water partition coefficient (Wildman–Crippen LogP) is 2.41. The number of H-pyrrole nitrogens is 1. The molecule has 0 radical (unpaired) electrons. The number of ether oxygens (including phenoxy) is 2. The van der Waals surface area contributed by atoms with E-state index in [2.05, 4.69) is 4.98 Å². The molecule has 0 bridgehead atoms. The fourth-order valence-electron chi connectivity index (χ4n) is 1.99. The van der Waals surface area contributed by atoms with Crippen LogP contribution >= 0.6 is 0 Å². The van der Waals surface area contributed by atoms with E-state index in [4.69, 9.17) is 14.6 Å². The summed E-state index contributed by atoms with van der Waals surface area (Å²) in [4.78, 5) is 14.5.